The Morgan fingerprint density at radius 1 is 1.04 bits per heavy atom. The molecule has 0 saturated heterocycles. The first-order chi connectivity index (χ1) is 12.6. The third-order valence-electron chi connectivity index (χ3n) is 3.68. The molecule has 7 heteroatoms. The molecule has 26 heavy (non-hydrogen) atoms. The molecule has 0 aliphatic rings. The van der Waals surface area contributed by atoms with Crippen molar-refractivity contribution in [2.45, 2.75) is 6.42 Å². The van der Waals surface area contributed by atoms with Crippen molar-refractivity contribution in [1.29, 1.82) is 0 Å². The number of carboxylic acid groups (broad SMARTS) is 1. The highest BCUT2D eigenvalue weighted by molar-refractivity contribution is 6.30. The third-order valence-corrected chi connectivity index (χ3v) is 3.93. The van der Waals surface area contributed by atoms with E-state index >= 15 is 0 Å². The van der Waals surface area contributed by atoms with E-state index in [1.165, 1.54) is 18.0 Å². The van der Waals surface area contributed by atoms with Crippen LogP contribution in [0.3, 0.4) is 0 Å². The van der Waals surface area contributed by atoms with E-state index in [-0.39, 0.29) is 5.56 Å². The Morgan fingerprint density at radius 2 is 1.81 bits per heavy atom. The van der Waals surface area contributed by atoms with Gasteiger partial charge in [0.05, 0.1) is 5.56 Å². The van der Waals surface area contributed by atoms with Gasteiger partial charge in [0.2, 0.25) is 0 Å². The molecule has 0 radical (unpaired) electrons. The van der Waals surface area contributed by atoms with Gasteiger partial charge in [-0.05, 0) is 42.3 Å². The summed E-state index contributed by atoms with van der Waals surface area (Å²) in [6.45, 7) is 0.715. The quantitative estimate of drug-likeness (QED) is 0.578. The summed E-state index contributed by atoms with van der Waals surface area (Å²) in [5.41, 5.74) is 2.04. The number of halogens is 1. The molecule has 6 nitrogen and oxygen atoms in total. The Balaban J connectivity index is 1.60. The van der Waals surface area contributed by atoms with Crippen LogP contribution in [0.25, 0.3) is 0 Å². The first-order valence-corrected chi connectivity index (χ1v) is 8.39. The van der Waals surface area contributed by atoms with Crippen molar-refractivity contribution in [3.8, 4) is 0 Å². The summed E-state index contributed by atoms with van der Waals surface area (Å²) < 4.78 is 0. The summed E-state index contributed by atoms with van der Waals surface area (Å²) in [6, 6.07) is 16.0. The second kappa shape index (κ2) is 8.31. The van der Waals surface area contributed by atoms with Crippen molar-refractivity contribution in [1.82, 2.24) is 9.97 Å². The van der Waals surface area contributed by atoms with Crippen molar-refractivity contribution < 1.29 is 9.90 Å². The topological polar surface area (TPSA) is 87.1 Å². The van der Waals surface area contributed by atoms with Crippen molar-refractivity contribution in [3.63, 3.8) is 0 Å². The molecule has 132 valence electrons. The van der Waals surface area contributed by atoms with Crippen LogP contribution in [0.2, 0.25) is 5.02 Å². The van der Waals surface area contributed by atoms with Crippen molar-refractivity contribution in [2.75, 3.05) is 17.2 Å². The number of nitrogens with zero attached hydrogens (tertiary/aromatic N) is 2. The molecule has 1 heterocycles. The molecule has 0 fully saturated rings. The summed E-state index contributed by atoms with van der Waals surface area (Å²) in [5, 5.41) is 16.1. The maximum Gasteiger partial charge on any atom is 0.335 e. The lowest BCUT2D eigenvalue weighted by Gasteiger charge is -2.09. The van der Waals surface area contributed by atoms with Gasteiger partial charge in [0.25, 0.3) is 0 Å². The van der Waals surface area contributed by atoms with Crippen molar-refractivity contribution >= 4 is 34.9 Å². The number of hydrogen-bond donors (Lipinski definition) is 3. The van der Waals surface area contributed by atoms with E-state index in [1.54, 1.807) is 24.3 Å². The van der Waals surface area contributed by atoms with Gasteiger partial charge in [0.15, 0.2) is 0 Å². The summed E-state index contributed by atoms with van der Waals surface area (Å²) in [4.78, 5) is 19.4. The number of benzene rings is 2. The van der Waals surface area contributed by atoms with E-state index in [4.69, 9.17) is 16.7 Å². The number of rotatable bonds is 7. The number of aromatic carboxylic acids is 1. The van der Waals surface area contributed by atoms with Crippen LogP contribution < -0.4 is 10.6 Å². The molecule has 3 rings (SSSR count). The molecule has 2 aromatic carbocycles. The molecule has 0 aliphatic heterocycles. The van der Waals surface area contributed by atoms with Crippen LogP contribution >= 0.6 is 11.6 Å². The van der Waals surface area contributed by atoms with Crippen LogP contribution in [-0.2, 0) is 6.42 Å². The highest BCUT2D eigenvalue weighted by Crippen LogP contribution is 2.18. The van der Waals surface area contributed by atoms with E-state index in [0.717, 1.165) is 11.4 Å². The predicted octanol–water partition coefficient (Wildman–Crippen LogP) is 4.23. The maximum absolute atomic E-state index is 11.0. The van der Waals surface area contributed by atoms with E-state index in [1.807, 2.05) is 24.3 Å². The Labute approximate surface area is 155 Å². The van der Waals surface area contributed by atoms with Crippen LogP contribution in [0, 0.1) is 0 Å². The number of anilines is 3. The summed E-state index contributed by atoms with van der Waals surface area (Å²) in [5.74, 6) is 0.295. The van der Waals surface area contributed by atoms with Crippen molar-refractivity contribution in [3.05, 3.63) is 77.1 Å². The molecule has 1 aromatic heterocycles. The van der Waals surface area contributed by atoms with Gasteiger partial charge < -0.3 is 15.7 Å². The first-order valence-electron chi connectivity index (χ1n) is 8.01. The zero-order chi connectivity index (χ0) is 18.4. The molecule has 0 bridgehead atoms. The minimum atomic E-state index is -0.971. The number of hydrogen-bond acceptors (Lipinski definition) is 5. The molecule has 0 saturated carbocycles. The summed E-state index contributed by atoms with van der Waals surface area (Å²) in [7, 11) is 0. The van der Waals surface area contributed by atoms with Gasteiger partial charge in [-0.2, -0.15) is 0 Å². The summed E-state index contributed by atoms with van der Waals surface area (Å²) >= 11 is 5.88. The maximum atomic E-state index is 11.0. The zero-order valence-corrected chi connectivity index (χ0v) is 14.6. The lowest BCUT2D eigenvalue weighted by Crippen LogP contribution is -2.07. The highest BCUT2D eigenvalue weighted by atomic mass is 35.5. The molecular weight excluding hydrogens is 352 g/mol. The number of nitrogens with one attached hydrogen (secondary N) is 2. The minimum Gasteiger partial charge on any atom is -0.478 e. The Hall–Kier alpha value is -3.12. The van der Waals surface area contributed by atoms with E-state index < -0.39 is 5.97 Å². The van der Waals surface area contributed by atoms with Crippen molar-refractivity contribution in [2.24, 2.45) is 0 Å². The fourth-order valence-electron chi connectivity index (χ4n) is 2.39. The van der Waals surface area contributed by atoms with E-state index in [0.29, 0.717) is 23.9 Å². The first kappa shape index (κ1) is 17.7. The van der Waals surface area contributed by atoms with Gasteiger partial charge in [-0.3, -0.25) is 0 Å². The van der Waals surface area contributed by atoms with E-state index in [2.05, 4.69) is 20.6 Å². The Bertz CT molecular complexity index is 900. The molecular formula is C19H17ClN4O2. The van der Waals surface area contributed by atoms with Gasteiger partial charge in [0.1, 0.15) is 18.0 Å². The largest absolute Gasteiger partial charge is 0.478 e. The van der Waals surface area contributed by atoms with Gasteiger partial charge >= 0.3 is 5.97 Å². The van der Waals surface area contributed by atoms with E-state index in [9.17, 15) is 4.79 Å². The monoisotopic (exact) mass is 368 g/mol. The average Bonchev–Trinajstić information content (AvgIpc) is 2.64. The molecule has 0 unspecified atom stereocenters. The SMILES string of the molecule is O=C(O)c1cccc(Nc2cc(NCCc3ccc(Cl)cc3)ncn2)c1. The second-order valence-corrected chi connectivity index (χ2v) is 6.04. The van der Waals surface area contributed by atoms with Crippen LogP contribution in [0.4, 0.5) is 17.3 Å². The van der Waals surface area contributed by atoms with Crippen LogP contribution in [0.1, 0.15) is 15.9 Å². The fraction of sp³-hybridized carbons (Fsp3) is 0.105. The predicted molar refractivity (Wildman–Crippen MR) is 102 cm³/mol. The van der Waals surface area contributed by atoms with Gasteiger partial charge in [-0.15, -0.1) is 0 Å². The Kier molecular flexibility index (Phi) is 5.66. The summed E-state index contributed by atoms with van der Waals surface area (Å²) in [6.07, 6.45) is 2.29. The lowest BCUT2D eigenvalue weighted by atomic mass is 10.1. The van der Waals surface area contributed by atoms with Gasteiger partial charge in [0, 0.05) is 23.3 Å². The van der Waals surface area contributed by atoms with Crippen LogP contribution in [0.5, 0.6) is 0 Å². The van der Waals surface area contributed by atoms with Crippen LogP contribution in [-0.4, -0.2) is 27.6 Å². The molecule has 3 aromatic rings. The third kappa shape index (κ3) is 4.94. The molecule has 0 atom stereocenters. The minimum absolute atomic E-state index is 0.213. The molecule has 3 N–H and O–H groups in total. The highest BCUT2D eigenvalue weighted by Gasteiger charge is 2.05. The smallest absolute Gasteiger partial charge is 0.335 e. The van der Waals surface area contributed by atoms with Gasteiger partial charge in [-0.1, -0.05) is 29.8 Å². The molecule has 0 amide bonds. The second-order valence-electron chi connectivity index (χ2n) is 5.60. The number of aromatic nitrogens is 2. The number of carbonyl (C=O) groups is 1. The lowest BCUT2D eigenvalue weighted by molar-refractivity contribution is 0.0697. The zero-order valence-electron chi connectivity index (χ0n) is 13.8. The average molecular weight is 369 g/mol. The fourth-order valence-corrected chi connectivity index (χ4v) is 2.51. The Morgan fingerprint density at radius 3 is 2.58 bits per heavy atom. The number of carboxylic acids is 1. The van der Waals surface area contributed by atoms with Crippen LogP contribution in [0.15, 0.2) is 60.9 Å². The normalized spacial score (nSPS) is 10.3. The standard InChI is InChI=1S/C19H17ClN4O2/c20-15-6-4-13(5-7-15)8-9-21-17-11-18(23-12-22-17)24-16-3-1-2-14(10-16)19(25)26/h1-7,10-12H,8-9H2,(H,25,26)(H2,21,22,23,24). The molecule has 0 aliphatic carbocycles. The molecule has 0 spiro atoms. The van der Waals surface area contributed by atoms with Gasteiger partial charge in [-0.25, -0.2) is 14.8 Å².